The van der Waals surface area contributed by atoms with Gasteiger partial charge in [-0.25, -0.2) is 4.98 Å². The SMILES string of the molecule is O=C(O)C(Sc1nc2ccc([N+](=O)[O-])cc2s1)c1ccccc1. The van der Waals surface area contributed by atoms with Gasteiger partial charge >= 0.3 is 5.97 Å². The van der Waals surface area contributed by atoms with Crippen molar-refractivity contribution < 1.29 is 14.8 Å². The monoisotopic (exact) mass is 346 g/mol. The number of fused-ring (bicyclic) bond motifs is 1. The molecule has 3 aromatic rings. The number of carbonyl (C=O) groups is 1. The number of thioether (sulfide) groups is 1. The van der Waals surface area contributed by atoms with Crippen molar-refractivity contribution in [3.8, 4) is 0 Å². The van der Waals surface area contributed by atoms with Gasteiger partial charge in [0.25, 0.3) is 5.69 Å². The number of thiazole rings is 1. The van der Waals surface area contributed by atoms with E-state index in [1.165, 1.54) is 23.5 Å². The fourth-order valence-electron chi connectivity index (χ4n) is 2.05. The molecule has 0 spiro atoms. The predicted molar refractivity (Wildman–Crippen MR) is 89.0 cm³/mol. The van der Waals surface area contributed by atoms with Crippen molar-refractivity contribution in [1.29, 1.82) is 0 Å². The van der Waals surface area contributed by atoms with Gasteiger partial charge in [0.2, 0.25) is 0 Å². The molecule has 1 heterocycles. The molecule has 2 aromatic carbocycles. The first-order chi connectivity index (χ1) is 11.0. The Bertz CT molecular complexity index is 880. The second-order valence-corrected chi connectivity index (χ2v) is 7.02. The van der Waals surface area contributed by atoms with Crippen LogP contribution in [-0.2, 0) is 4.79 Å². The van der Waals surface area contributed by atoms with Crippen LogP contribution in [0, 0.1) is 10.1 Å². The van der Waals surface area contributed by atoms with E-state index in [2.05, 4.69) is 4.98 Å². The number of rotatable bonds is 5. The maximum absolute atomic E-state index is 11.5. The van der Waals surface area contributed by atoms with E-state index in [1.807, 2.05) is 6.07 Å². The number of non-ortho nitro benzene ring substituents is 1. The molecule has 0 amide bonds. The number of nitrogens with zero attached hydrogens (tertiary/aromatic N) is 2. The van der Waals surface area contributed by atoms with E-state index < -0.39 is 16.1 Å². The molecule has 1 aromatic heterocycles. The molecule has 1 N–H and O–H groups in total. The Kier molecular flexibility index (Phi) is 4.26. The highest BCUT2D eigenvalue weighted by molar-refractivity contribution is 8.02. The molecule has 0 aliphatic carbocycles. The summed E-state index contributed by atoms with van der Waals surface area (Å²) in [4.78, 5) is 26.2. The van der Waals surface area contributed by atoms with E-state index in [0.29, 0.717) is 20.1 Å². The number of benzene rings is 2. The molecule has 6 nitrogen and oxygen atoms in total. The van der Waals surface area contributed by atoms with Crippen LogP contribution in [0.5, 0.6) is 0 Å². The summed E-state index contributed by atoms with van der Waals surface area (Å²) < 4.78 is 1.23. The number of hydrogen-bond donors (Lipinski definition) is 1. The summed E-state index contributed by atoms with van der Waals surface area (Å²) in [5, 5.41) is 19.5. The fourth-order valence-corrected chi connectivity index (χ4v) is 4.27. The van der Waals surface area contributed by atoms with Gasteiger partial charge in [-0.3, -0.25) is 14.9 Å². The van der Waals surface area contributed by atoms with Crippen molar-refractivity contribution in [1.82, 2.24) is 4.98 Å². The number of hydrogen-bond acceptors (Lipinski definition) is 6. The third kappa shape index (κ3) is 3.33. The number of carboxylic acid groups (broad SMARTS) is 1. The molecule has 0 aliphatic rings. The standard InChI is InChI=1S/C15H10N2O4S2/c18-14(19)13(9-4-2-1-3-5-9)23-15-16-11-7-6-10(17(20)21)8-12(11)22-15/h1-8,13H,(H,18,19). The number of nitro benzene ring substituents is 1. The van der Waals surface area contributed by atoms with Gasteiger partial charge in [-0.1, -0.05) is 42.1 Å². The molecule has 116 valence electrons. The van der Waals surface area contributed by atoms with Crippen LogP contribution in [0.25, 0.3) is 10.2 Å². The minimum Gasteiger partial charge on any atom is -0.480 e. The van der Waals surface area contributed by atoms with Crippen LogP contribution >= 0.6 is 23.1 Å². The van der Waals surface area contributed by atoms with Crippen molar-refractivity contribution in [3.05, 3.63) is 64.2 Å². The van der Waals surface area contributed by atoms with Gasteiger partial charge in [-0.15, -0.1) is 11.3 Å². The largest absolute Gasteiger partial charge is 0.480 e. The minimum atomic E-state index is -0.952. The highest BCUT2D eigenvalue weighted by atomic mass is 32.2. The molecule has 8 heteroatoms. The van der Waals surface area contributed by atoms with E-state index in [1.54, 1.807) is 30.3 Å². The van der Waals surface area contributed by atoms with Crippen molar-refractivity contribution in [2.24, 2.45) is 0 Å². The average Bonchev–Trinajstić information content (AvgIpc) is 2.94. The van der Waals surface area contributed by atoms with Gasteiger partial charge in [0.05, 0.1) is 15.1 Å². The second kappa shape index (κ2) is 6.35. The Hall–Kier alpha value is -2.45. The lowest BCUT2D eigenvalue weighted by atomic mass is 10.1. The van der Waals surface area contributed by atoms with Crippen LogP contribution < -0.4 is 0 Å². The first-order valence-corrected chi connectivity index (χ1v) is 8.23. The van der Waals surface area contributed by atoms with Crippen molar-refractivity contribution in [2.45, 2.75) is 9.59 Å². The van der Waals surface area contributed by atoms with Gasteiger partial charge < -0.3 is 5.11 Å². The summed E-state index contributed by atoms with van der Waals surface area (Å²) in [6.45, 7) is 0. The highest BCUT2D eigenvalue weighted by Gasteiger charge is 2.23. The third-order valence-corrected chi connectivity index (χ3v) is 5.46. The Morgan fingerprint density at radius 3 is 2.65 bits per heavy atom. The quantitative estimate of drug-likeness (QED) is 0.424. The van der Waals surface area contributed by atoms with E-state index >= 15 is 0 Å². The fraction of sp³-hybridized carbons (Fsp3) is 0.0667. The molecule has 0 fully saturated rings. The molecule has 0 saturated heterocycles. The molecule has 1 unspecified atom stereocenters. The zero-order chi connectivity index (χ0) is 16.4. The molecular weight excluding hydrogens is 336 g/mol. The lowest BCUT2D eigenvalue weighted by Crippen LogP contribution is -2.07. The topological polar surface area (TPSA) is 93.3 Å². The van der Waals surface area contributed by atoms with Crippen LogP contribution in [-0.4, -0.2) is 21.0 Å². The summed E-state index contributed by atoms with van der Waals surface area (Å²) in [6, 6.07) is 13.3. The Morgan fingerprint density at radius 1 is 1.26 bits per heavy atom. The van der Waals surface area contributed by atoms with Crippen LogP contribution in [0.4, 0.5) is 5.69 Å². The average molecular weight is 346 g/mol. The normalized spacial score (nSPS) is 12.2. The lowest BCUT2D eigenvalue weighted by Gasteiger charge is -2.09. The summed E-state index contributed by atoms with van der Waals surface area (Å²) in [5.41, 5.74) is 1.30. The summed E-state index contributed by atoms with van der Waals surface area (Å²) >= 11 is 2.38. The maximum atomic E-state index is 11.5. The molecule has 23 heavy (non-hydrogen) atoms. The zero-order valence-electron chi connectivity index (χ0n) is 11.6. The zero-order valence-corrected chi connectivity index (χ0v) is 13.2. The molecule has 0 bridgehead atoms. The summed E-state index contributed by atoms with van der Waals surface area (Å²) in [6.07, 6.45) is 0. The molecule has 3 rings (SSSR count). The molecule has 0 saturated carbocycles. The van der Waals surface area contributed by atoms with E-state index in [0.717, 1.165) is 11.8 Å². The van der Waals surface area contributed by atoms with E-state index in [-0.39, 0.29) is 5.69 Å². The van der Waals surface area contributed by atoms with Crippen molar-refractivity contribution in [2.75, 3.05) is 0 Å². The Morgan fingerprint density at radius 2 is 2.00 bits per heavy atom. The first kappa shape index (κ1) is 15.4. The van der Waals surface area contributed by atoms with Crippen molar-refractivity contribution in [3.63, 3.8) is 0 Å². The number of carboxylic acids is 1. The molecule has 0 aliphatic heterocycles. The second-order valence-electron chi connectivity index (χ2n) is 4.64. The first-order valence-electron chi connectivity index (χ1n) is 6.54. The summed E-state index contributed by atoms with van der Waals surface area (Å²) in [5.74, 6) is -0.952. The van der Waals surface area contributed by atoms with E-state index in [4.69, 9.17) is 0 Å². The number of aromatic nitrogens is 1. The van der Waals surface area contributed by atoms with Gasteiger partial charge in [0.15, 0.2) is 4.34 Å². The molecular formula is C15H10N2O4S2. The van der Waals surface area contributed by atoms with Crippen molar-refractivity contribution >= 4 is 45.0 Å². The lowest BCUT2D eigenvalue weighted by molar-refractivity contribution is -0.384. The van der Waals surface area contributed by atoms with Gasteiger partial charge in [0.1, 0.15) is 5.25 Å². The van der Waals surface area contributed by atoms with E-state index in [9.17, 15) is 20.0 Å². The van der Waals surface area contributed by atoms with Crippen LogP contribution in [0.3, 0.4) is 0 Å². The van der Waals surface area contributed by atoms with Crippen LogP contribution in [0.15, 0.2) is 52.9 Å². The number of aliphatic carboxylic acids is 1. The van der Waals surface area contributed by atoms with Gasteiger partial charge in [-0.2, -0.15) is 0 Å². The molecule has 1 atom stereocenters. The minimum absolute atomic E-state index is 0.00413. The van der Waals surface area contributed by atoms with Gasteiger partial charge in [-0.05, 0) is 11.6 Å². The smallest absolute Gasteiger partial charge is 0.321 e. The summed E-state index contributed by atoms with van der Waals surface area (Å²) in [7, 11) is 0. The molecule has 0 radical (unpaired) electrons. The van der Waals surface area contributed by atoms with Gasteiger partial charge in [0, 0.05) is 12.1 Å². The Balaban J connectivity index is 1.93. The Labute approximate surface area is 138 Å². The highest BCUT2D eigenvalue weighted by Crippen LogP contribution is 2.39. The number of nitro groups is 1. The predicted octanol–water partition coefficient (Wildman–Crippen LogP) is 4.12. The maximum Gasteiger partial charge on any atom is 0.321 e. The van der Waals surface area contributed by atoms with Crippen LogP contribution in [0.1, 0.15) is 10.8 Å². The van der Waals surface area contributed by atoms with Crippen LogP contribution in [0.2, 0.25) is 0 Å². The third-order valence-electron chi connectivity index (χ3n) is 3.11.